The Morgan fingerprint density at radius 2 is 2.05 bits per heavy atom. The van der Waals surface area contributed by atoms with E-state index < -0.39 is 5.97 Å². The molecule has 0 saturated carbocycles. The lowest BCUT2D eigenvalue weighted by molar-refractivity contribution is -0.152. The fraction of sp³-hybridized carbons (Fsp3) is 0.500. The third-order valence-corrected chi connectivity index (χ3v) is 3.88. The fourth-order valence-electron chi connectivity index (χ4n) is 2.47. The van der Waals surface area contributed by atoms with E-state index >= 15 is 0 Å². The molecule has 0 bridgehead atoms. The van der Waals surface area contributed by atoms with Gasteiger partial charge in [-0.05, 0) is 36.5 Å². The Bertz CT molecular complexity index is 501. The Labute approximate surface area is 130 Å². The maximum Gasteiger partial charge on any atom is 0.310 e. The first-order chi connectivity index (χ1) is 10.0. The Morgan fingerprint density at radius 1 is 1.33 bits per heavy atom. The number of halogens is 1. The van der Waals surface area contributed by atoms with Gasteiger partial charge in [-0.2, -0.15) is 0 Å². The Hall–Kier alpha value is -1.55. The molecule has 4 nitrogen and oxygen atoms in total. The number of benzene rings is 1. The molecule has 21 heavy (non-hydrogen) atoms. The first-order valence-electron chi connectivity index (χ1n) is 7.22. The lowest BCUT2D eigenvalue weighted by Gasteiger charge is -2.30. The van der Waals surface area contributed by atoms with Crippen LogP contribution in [0.2, 0.25) is 5.02 Å². The van der Waals surface area contributed by atoms with Crippen molar-refractivity contribution in [3.63, 3.8) is 0 Å². The van der Waals surface area contributed by atoms with Crippen molar-refractivity contribution < 1.29 is 14.3 Å². The summed E-state index contributed by atoms with van der Waals surface area (Å²) in [7, 11) is 0. The quantitative estimate of drug-likeness (QED) is 0.803. The number of amides is 1. The second-order valence-electron chi connectivity index (χ2n) is 5.55. The molecule has 5 heteroatoms. The number of nitrogens with zero attached hydrogens (tertiary/aromatic N) is 1. The molecule has 0 radical (unpaired) electrons. The van der Waals surface area contributed by atoms with Crippen LogP contribution in [0.4, 0.5) is 0 Å². The zero-order chi connectivity index (χ0) is 15.2. The van der Waals surface area contributed by atoms with Gasteiger partial charge in [-0.1, -0.05) is 30.7 Å². The summed E-state index contributed by atoms with van der Waals surface area (Å²) in [6.45, 7) is 3.48. The summed E-state index contributed by atoms with van der Waals surface area (Å²) in [5.41, 5.74) is 0.823. The number of likely N-dealkylation sites (tertiary alicyclic amines) is 1. The van der Waals surface area contributed by atoms with Crippen LogP contribution in [-0.2, 0) is 20.7 Å². The molecule has 1 amide bonds. The van der Waals surface area contributed by atoms with Gasteiger partial charge in [0.15, 0.2) is 6.61 Å². The molecule has 1 saturated heterocycles. The second kappa shape index (κ2) is 7.46. The lowest BCUT2D eigenvalue weighted by atomic mass is 10.0. The van der Waals surface area contributed by atoms with E-state index in [4.69, 9.17) is 16.3 Å². The summed E-state index contributed by atoms with van der Waals surface area (Å²) in [6, 6.07) is 7.00. The van der Waals surface area contributed by atoms with E-state index in [1.165, 1.54) is 0 Å². The molecular formula is C16H20ClNO3. The molecule has 0 N–H and O–H groups in total. The maximum absolute atomic E-state index is 12.0. The van der Waals surface area contributed by atoms with Gasteiger partial charge < -0.3 is 9.64 Å². The third kappa shape index (κ3) is 5.05. The molecule has 0 spiro atoms. The molecule has 2 rings (SSSR count). The van der Waals surface area contributed by atoms with Gasteiger partial charge in [0, 0.05) is 18.1 Å². The van der Waals surface area contributed by atoms with Crippen molar-refractivity contribution >= 4 is 23.5 Å². The van der Waals surface area contributed by atoms with Gasteiger partial charge in [0.2, 0.25) is 0 Å². The van der Waals surface area contributed by atoms with Crippen LogP contribution in [-0.4, -0.2) is 36.5 Å². The first-order valence-corrected chi connectivity index (χ1v) is 7.60. The van der Waals surface area contributed by atoms with E-state index in [9.17, 15) is 9.59 Å². The molecule has 0 unspecified atom stereocenters. The summed E-state index contributed by atoms with van der Waals surface area (Å²) >= 11 is 5.78. The van der Waals surface area contributed by atoms with Gasteiger partial charge in [0.1, 0.15) is 0 Å². The molecule has 114 valence electrons. The fourth-order valence-corrected chi connectivity index (χ4v) is 2.60. The highest BCUT2D eigenvalue weighted by atomic mass is 35.5. The van der Waals surface area contributed by atoms with Gasteiger partial charge in [-0.15, -0.1) is 0 Å². The smallest absolute Gasteiger partial charge is 0.310 e. The van der Waals surface area contributed by atoms with Crippen LogP contribution in [0.1, 0.15) is 25.3 Å². The van der Waals surface area contributed by atoms with Crippen molar-refractivity contribution in [2.24, 2.45) is 5.92 Å². The summed E-state index contributed by atoms with van der Waals surface area (Å²) < 4.78 is 5.06. The minimum absolute atomic E-state index is 0.106. The van der Waals surface area contributed by atoms with E-state index in [0.717, 1.165) is 31.5 Å². The predicted molar refractivity (Wildman–Crippen MR) is 81.1 cm³/mol. The first kappa shape index (κ1) is 15.8. The van der Waals surface area contributed by atoms with E-state index in [2.05, 4.69) is 6.92 Å². The largest absolute Gasteiger partial charge is 0.455 e. The standard InChI is InChI=1S/C16H20ClNO3/c1-12-3-2-8-18(10-12)15(19)11-21-16(20)9-13-4-6-14(17)7-5-13/h4-7,12H,2-3,8-11H2,1H3/t12-/m0/s1. The lowest BCUT2D eigenvalue weighted by Crippen LogP contribution is -2.41. The van der Waals surface area contributed by atoms with Crippen LogP contribution in [0.25, 0.3) is 0 Å². The third-order valence-electron chi connectivity index (χ3n) is 3.63. The van der Waals surface area contributed by atoms with Crippen molar-refractivity contribution in [2.45, 2.75) is 26.2 Å². The molecule has 1 aliphatic rings. The predicted octanol–water partition coefficient (Wildman–Crippen LogP) is 2.68. The van der Waals surface area contributed by atoms with Gasteiger partial charge in [0.25, 0.3) is 5.91 Å². The molecule has 1 aromatic carbocycles. The molecule has 1 heterocycles. The van der Waals surface area contributed by atoms with Crippen molar-refractivity contribution in [3.05, 3.63) is 34.9 Å². The van der Waals surface area contributed by atoms with Crippen LogP contribution >= 0.6 is 11.6 Å². The van der Waals surface area contributed by atoms with E-state index in [0.29, 0.717) is 10.9 Å². The highest BCUT2D eigenvalue weighted by molar-refractivity contribution is 6.30. The van der Waals surface area contributed by atoms with E-state index in [1.54, 1.807) is 29.2 Å². The summed E-state index contributed by atoms with van der Waals surface area (Å²) in [6.07, 6.45) is 2.33. The number of rotatable bonds is 4. The normalized spacial score (nSPS) is 18.4. The van der Waals surface area contributed by atoms with Gasteiger partial charge in [-0.3, -0.25) is 9.59 Å². The number of ether oxygens (including phenoxy) is 1. The Kier molecular flexibility index (Phi) is 5.62. The van der Waals surface area contributed by atoms with Crippen molar-refractivity contribution in [2.75, 3.05) is 19.7 Å². The summed E-state index contributed by atoms with van der Waals surface area (Å²) in [5, 5.41) is 0.626. The highest BCUT2D eigenvalue weighted by Crippen LogP contribution is 2.15. The highest BCUT2D eigenvalue weighted by Gasteiger charge is 2.21. The van der Waals surface area contributed by atoms with Crippen LogP contribution in [0.15, 0.2) is 24.3 Å². The topological polar surface area (TPSA) is 46.6 Å². The molecule has 0 aliphatic carbocycles. The number of carbonyl (C=O) groups excluding carboxylic acids is 2. The van der Waals surface area contributed by atoms with Gasteiger partial charge in [-0.25, -0.2) is 0 Å². The average molecular weight is 310 g/mol. The molecule has 1 fully saturated rings. The maximum atomic E-state index is 12.0. The number of carbonyl (C=O) groups is 2. The number of piperidine rings is 1. The van der Waals surface area contributed by atoms with Gasteiger partial charge >= 0.3 is 5.97 Å². The Morgan fingerprint density at radius 3 is 2.71 bits per heavy atom. The summed E-state index contributed by atoms with van der Waals surface area (Å²) in [4.78, 5) is 25.5. The zero-order valence-corrected chi connectivity index (χ0v) is 12.9. The van der Waals surface area contributed by atoms with Crippen LogP contribution < -0.4 is 0 Å². The monoisotopic (exact) mass is 309 g/mol. The number of hydrogen-bond acceptors (Lipinski definition) is 3. The van der Waals surface area contributed by atoms with Crippen LogP contribution in [0, 0.1) is 5.92 Å². The minimum atomic E-state index is -0.393. The molecular weight excluding hydrogens is 290 g/mol. The second-order valence-corrected chi connectivity index (χ2v) is 5.99. The van der Waals surface area contributed by atoms with Gasteiger partial charge in [0.05, 0.1) is 6.42 Å². The van der Waals surface area contributed by atoms with Crippen LogP contribution in [0.5, 0.6) is 0 Å². The van der Waals surface area contributed by atoms with E-state index in [1.807, 2.05) is 0 Å². The molecule has 0 aromatic heterocycles. The SMILES string of the molecule is C[C@H]1CCCN(C(=O)COC(=O)Cc2ccc(Cl)cc2)C1. The van der Waals surface area contributed by atoms with E-state index in [-0.39, 0.29) is 18.9 Å². The summed E-state index contributed by atoms with van der Waals surface area (Å²) in [5.74, 6) is 0.0224. The van der Waals surface area contributed by atoms with Crippen molar-refractivity contribution in [3.8, 4) is 0 Å². The van der Waals surface area contributed by atoms with Crippen molar-refractivity contribution in [1.82, 2.24) is 4.90 Å². The van der Waals surface area contributed by atoms with Crippen molar-refractivity contribution in [1.29, 1.82) is 0 Å². The zero-order valence-electron chi connectivity index (χ0n) is 12.2. The molecule has 1 atom stereocenters. The number of esters is 1. The minimum Gasteiger partial charge on any atom is -0.455 e. The number of hydrogen-bond donors (Lipinski definition) is 0. The molecule has 1 aliphatic heterocycles. The molecule has 1 aromatic rings. The average Bonchev–Trinajstić information content (AvgIpc) is 2.47. The Balaban J connectivity index is 1.75. The van der Waals surface area contributed by atoms with Crippen LogP contribution in [0.3, 0.4) is 0 Å².